The van der Waals surface area contributed by atoms with Gasteiger partial charge in [0.1, 0.15) is 0 Å². The summed E-state index contributed by atoms with van der Waals surface area (Å²) in [6.45, 7) is 4.17. The van der Waals surface area contributed by atoms with Crippen LogP contribution in [0.4, 0.5) is 0 Å². The molecule has 0 atom stereocenters. The third-order valence-corrected chi connectivity index (χ3v) is 2.87. The van der Waals surface area contributed by atoms with E-state index in [-0.39, 0.29) is 11.7 Å². The summed E-state index contributed by atoms with van der Waals surface area (Å²) in [7, 11) is 0. The first-order valence-corrected chi connectivity index (χ1v) is 5.63. The highest BCUT2D eigenvalue weighted by atomic mass is 16.1. The van der Waals surface area contributed by atoms with Crippen LogP contribution in [0, 0.1) is 17.2 Å². The van der Waals surface area contributed by atoms with Gasteiger partial charge in [-0.2, -0.15) is 5.26 Å². The van der Waals surface area contributed by atoms with Crippen LogP contribution in [0.15, 0.2) is 30.5 Å². The van der Waals surface area contributed by atoms with Gasteiger partial charge in [-0.1, -0.05) is 19.9 Å². The molecule has 0 amide bonds. The average molecular weight is 226 g/mol. The van der Waals surface area contributed by atoms with Gasteiger partial charge < -0.3 is 4.57 Å². The van der Waals surface area contributed by atoms with Crippen LogP contribution in [0.3, 0.4) is 0 Å². The van der Waals surface area contributed by atoms with Crippen molar-refractivity contribution in [1.29, 1.82) is 5.26 Å². The molecule has 3 nitrogen and oxygen atoms in total. The molecule has 3 heteroatoms. The Balaban J connectivity index is 2.41. The van der Waals surface area contributed by atoms with Gasteiger partial charge in [0.25, 0.3) is 0 Å². The Morgan fingerprint density at radius 2 is 2.18 bits per heavy atom. The van der Waals surface area contributed by atoms with Crippen LogP contribution in [0.5, 0.6) is 0 Å². The third-order valence-electron chi connectivity index (χ3n) is 2.87. The second-order valence-electron chi connectivity index (χ2n) is 4.45. The maximum atomic E-state index is 11.7. The summed E-state index contributed by atoms with van der Waals surface area (Å²) in [6, 6.07) is 9.59. The summed E-state index contributed by atoms with van der Waals surface area (Å²) in [5.41, 5.74) is 1.56. The van der Waals surface area contributed by atoms with Crippen LogP contribution in [0.1, 0.15) is 19.4 Å². The number of nitrogens with zero attached hydrogens (tertiary/aromatic N) is 2. The predicted octanol–water partition coefficient (Wildman–Crippen LogP) is 2.74. The van der Waals surface area contributed by atoms with Crippen molar-refractivity contribution in [2.45, 2.75) is 20.4 Å². The van der Waals surface area contributed by atoms with E-state index in [1.807, 2.05) is 42.8 Å². The molecular weight excluding hydrogens is 212 g/mol. The lowest BCUT2D eigenvalue weighted by Gasteiger charge is -2.07. The van der Waals surface area contributed by atoms with Crippen LogP contribution >= 0.6 is 0 Å². The van der Waals surface area contributed by atoms with Gasteiger partial charge in [-0.25, -0.2) is 0 Å². The number of rotatable bonds is 3. The van der Waals surface area contributed by atoms with Gasteiger partial charge in [0.05, 0.1) is 18.2 Å². The van der Waals surface area contributed by atoms with Gasteiger partial charge >= 0.3 is 0 Å². The van der Waals surface area contributed by atoms with E-state index in [0.717, 1.165) is 10.9 Å². The third kappa shape index (κ3) is 2.21. The van der Waals surface area contributed by atoms with Crippen molar-refractivity contribution in [3.63, 3.8) is 0 Å². The molecular formula is C14H14N2O. The summed E-state index contributed by atoms with van der Waals surface area (Å²) >= 11 is 0. The van der Waals surface area contributed by atoms with Crippen molar-refractivity contribution in [3.05, 3.63) is 36.0 Å². The fourth-order valence-corrected chi connectivity index (χ4v) is 1.74. The van der Waals surface area contributed by atoms with Crippen LogP contribution in [-0.4, -0.2) is 10.4 Å². The molecule has 1 aromatic heterocycles. The number of nitriles is 1. The van der Waals surface area contributed by atoms with Crippen molar-refractivity contribution in [3.8, 4) is 6.07 Å². The second-order valence-corrected chi connectivity index (χ2v) is 4.45. The van der Waals surface area contributed by atoms with Crippen molar-refractivity contribution in [1.82, 2.24) is 4.57 Å². The molecule has 0 fully saturated rings. The summed E-state index contributed by atoms with van der Waals surface area (Å²) in [6.07, 6.45) is 1.89. The lowest BCUT2D eigenvalue weighted by atomic mass is 10.1. The molecule has 2 rings (SSSR count). The molecule has 2 aromatic rings. The Morgan fingerprint density at radius 1 is 1.41 bits per heavy atom. The molecule has 0 N–H and O–H groups in total. The van der Waals surface area contributed by atoms with E-state index in [2.05, 4.69) is 6.07 Å². The molecule has 0 bridgehead atoms. The van der Waals surface area contributed by atoms with Gasteiger partial charge in [0, 0.05) is 17.6 Å². The van der Waals surface area contributed by atoms with Crippen molar-refractivity contribution in [2.75, 3.05) is 0 Å². The molecule has 0 aliphatic rings. The molecule has 0 radical (unpaired) electrons. The van der Waals surface area contributed by atoms with E-state index in [9.17, 15) is 4.79 Å². The Bertz CT molecular complexity index is 602. The lowest BCUT2D eigenvalue weighted by Crippen LogP contribution is -2.14. The standard InChI is InChI=1S/C14H14N2O/c1-10(2)14(17)9-16-6-5-12-4-3-11(8-15)7-13(12)16/h3-7,10H,9H2,1-2H3. The predicted molar refractivity (Wildman–Crippen MR) is 66.5 cm³/mol. The van der Waals surface area contributed by atoms with Gasteiger partial charge in [-0.3, -0.25) is 4.79 Å². The van der Waals surface area contributed by atoms with Crippen LogP contribution in [-0.2, 0) is 11.3 Å². The fraction of sp³-hybridized carbons (Fsp3) is 0.286. The number of carbonyl (C=O) groups is 1. The maximum absolute atomic E-state index is 11.7. The van der Waals surface area contributed by atoms with Crippen molar-refractivity contribution < 1.29 is 4.79 Å². The number of aromatic nitrogens is 1. The minimum atomic E-state index is 0.0339. The largest absolute Gasteiger partial charge is 0.340 e. The quantitative estimate of drug-likeness (QED) is 0.807. The zero-order valence-electron chi connectivity index (χ0n) is 9.97. The summed E-state index contributed by atoms with van der Waals surface area (Å²) in [5, 5.41) is 9.93. The second kappa shape index (κ2) is 4.42. The zero-order chi connectivity index (χ0) is 12.4. The molecule has 0 spiro atoms. The van der Waals surface area contributed by atoms with E-state index in [1.54, 1.807) is 6.07 Å². The van der Waals surface area contributed by atoms with Crippen molar-refractivity contribution in [2.24, 2.45) is 5.92 Å². The topological polar surface area (TPSA) is 45.8 Å². The highest BCUT2D eigenvalue weighted by Gasteiger charge is 2.10. The first-order valence-electron chi connectivity index (χ1n) is 5.63. The van der Waals surface area contributed by atoms with Gasteiger partial charge in [0.15, 0.2) is 5.78 Å². The first kappa shape index (κ1) is 11.4. The molecule has 1 heterocycles. The molecule has 0 aliphatic carbocycles. The minimum absolute atomic E-state index is 0.0339. The SMILES string of the molecule is CC(C)C(=O)Cn1ccc2ccc(C#N)cc21. The number of fused-ring (bicyclic) bond motifs is 1. The number of ketones is 1. The van der Waals surface area contributed by atoms with Crippen molar-refractivity contribution >= 4 is 16.7 Å². The molecule has 0 saturated heterocycles. The summed E-state index contributed by atoms with van der Waals surface area (Å²) in [4.78, 5) is 11.7. The Hall–Kier alpha value is -2.08. The Labute approximate surface area is 100 Å². The average Bonchev–Trinajstić information content (AvgIpc) is 2.71. The van der Waals surface area contributed by atoms with Gasteiger partial charge in [0.2, 0.25) is 0 Å². The maximum Gasteiger partial charge on any atom is 0.155 e. The van der Waals surface area contributed by atoms with Crippen LogP contribution in [0.25, 0.3) is 10.9 Å². The number of Topliss-reactive ketones (excluding diaryl/α,β-unsaturated/α-hetero) is 1. The summed E-state index contributed by atoms with van der Waals surface area (Å²) in [5.74, 6) is 0.233. The Morgan fingerprint density at radius 3 is 2.82 bits per heavy atom. The Kier molecular flexibility index (Phi) is 2.97. The smallest absolute Gasteiger partial charge is 0.155 e. The number of hydrogen-bond donors (Lipinski definition) is 0. The molecule has 86 valence electrons. The highest BCUT2D eigenvalue weighted by molar-refractivity contribution is 5.85. The first-order chi connectivity index (χ1) is 8.11. The zero-order valence-corrected chi connectivity index (χ0v) is 9.97. The fourth-order valence-electron chi connectivity index (χ4n) is 1.74. The highest BCUT2D eigenvalue weighted by Crippen LogP contribution is 2.18. The molecule has 17 heavy (non-hydrogen) atoms. The minimum Gasteiger partial charge on any atom is -0.340 e. The van der Waals surface area contributed by atoms with Gasteiger partial charge in [-0.05, 0) is 23.6 Å². The molecule has 0 aliphatic heterocycles. The molecule has 0 unspecified atom stereocenters. The normalized spacial score (nSPS) is 10.7. The number of benzene rings is 1. The summed E-state index contributed by atoms with van der Waals surface area (Å²) < 4.78 is 1.90. The van der Waals surface area contributed by atoms with E-state index < -0.39 is 0 Å². The van der Waals surface area contributed by atoms with Crippen LogP contribution in [0.2, 0.25) is 0 Å². The molecule has 1 aromatic carbocycles. The van der Waals surface area contributed by atoms with Gasteiger partial charge in [-0.15, -0.1) is 0 Å². The lowest BCUT2D eigenvalue weighted by molar-refractivity contribution is -0.122. The van der Waals surface area contributed by atoms with E-state index in [4.69, 9.17) is 5.26 Å². The van der Waals surface area contributed by atoms with Crippen LogP contribution < -0.4 is 0 Å². The van der Waals surface area contributed by atoms with E-state index in [1.165, 1.54) is 0 Å². The monoisotopic (exact) mass is 226 g/mol. The number of hydrogen-bond acceptors (Lipinski definition) is 2. The molecule has 0 saturated carbocycles. The number of carbonyl (C=O) groups excluding carboxylic acids is 1. The van der Waals surface area contributed by atoms with E-state index >= 15 is 0 Å². The van der Waals surface area contributed by atoms with E-state index in [0.29, 0.717) is 12.1 Å².